The summed E-state index contributed by atoms with van der Waals surface area (Å²) in [6.07, 6.45) is 3.09. The summed E-state index contributed by atoms with van der Waals surface area (Å²) in [5.74, 6) is 4.95. The van der Waals surface area contributed by atoms with E-state index in [0.717, 1.165) is 66.2 Å². The number of anilines is 2. The van der Waals surface area contributed by atoms with Crippen LogP contribution in [-0.2, 0) is 25.7 Å². The highest BCUT2D eigenvalue weighted by Crippen LogP contribution is 2.52. The molecule has 57 heavy (non-hydrogen) atoms. The molecule has 4 heterocycles. The van der Waals surface area contributed by atoms with E-state index < -0.39 is 0 Å². The van der Waals surface area contributed by atoms with Crippen LogP contribution in [0.25, 0.3) is 0 Å². The molecule has 6 bridgehead atoms. The molecule has 4 aliphatic heterocycles. The van der Waals surface area contributed by atoms with Crippen molar-refractivity contribution in [3.63, 3.8) is 0 Å². The van der Waals surface area contributed by atoms with Crippen molar-refractivity contribution in [1.82, 2.24) is 9.80 Å². The first-order valence-electron chi connectivity index (χ1n) is 19.4. The highest BCUT2D eigenvalue weighted by molar-refractivity contribution is 7.80. The fraction of sp³-hybridized carbons (Fsp3) is 0.326. The Hall–Kier alpha value is -5.49. The molecule has 0 saturated carbocycles. The molecule has 11 heteroatoms. The molecule has 0 fully saturated rings. The molecule has 0 aliphatic carbocycles. The minimum Gasteiger partial charge on any atom is -0.493 e. The van der Waals surface area contributed by atoms with E-state index in [1.54, 1.807) is 28.4 Å². The lowest BCUT2D eigenvalue weighted by Gasteiger charge is -2.37. The van der Waals surface area contributed by atoms with Gasteiger partial charge in [-0.05, 0) is 135 Å². The molecule has 9 rings (SSSR count). The Balaban J connectivity index is 1.32. The summed E-state index contributed by atoms with van der Waals surface area (Å²) >= 11 is 5.89. The van der Waals surface area contributed by atoms with Crippen LogP contribution >= 0.6 is 12.2 Å². The second-order valence-electron chi connectivity index (χ2n) is 15.1. The predicted octanol–water partition coefficient (Wildman–Crippen LogP) is 9.28. The van der Waals surface area contributed by atoms with Crippen LogP contribution in [0.3, 0.4) is 0 Å². The van der Waals surface area contributed by atoms with Gasteiger partial charge in [-0.15, -0.1) is 0 Å². The quantitative estimate of drug-likeness (QED) is 0.162. The summed E-state index contributed by atoms with van der Waals surface area (Å²) in [5.41, 5.74) is 9.66. The third-order valence-corrected chi connectivity index (χ3v) is 11.8. The maximum atomic E-state index is 7.15. The van der Waals surface area contributed by atoms with Gasteiger partial charge in [0, 0.05) is 48.2 Å². The molecule has 10 nitrogen and oxygen atoms in total. The SMILES string of the molecule is COc1cc(NC(=S)Nc2ccc(C)cc2)c2cc1Oc1ccc(cc1)C[C@H]1c3cc(c(OC)cc3CCN1C)Oc1c(OC)c(OC)cc3c1[C@H](C2)N(C)CC3. The van der Waals surface area contributed by atoms with Crippen molar-refractivity contribution in [3.05, 3.63) is 118 Å². The second-order valence-corrected chi connectivity index (χ2v) is 15.5. The van der Waals surface area contributed by atoms with Gasteiger partial charge < -0.3 is 39.1 Å². The van der Waals surface area contributed by atoms with Crippen LogP contribution in [0.2, 0.25) is 0 Å². The molecule has 0 amide bonds. The van der Waals surface area contributed by atoms with Crippen LogP contribution in [0.4, 0.5) is 11.4 Å². The zero-order valence-corrected chi connectivity index (χ0v) is 34.5. The number of nitrogens with one attached hydrogen (secondary N) is 2. The summed E-state index contributed by atoms with van der Waals surface area (Å²) in [6, 6.07) is 26.9. The molecule has 4 aliphatic rings. The first kappa shape index (κ1) is 38.4. The van der Waals surface area contributed by atoms with Gasteiger partial charge in [0.15, 0.2) is 39.6 Å². The fourth-order valence-corrected chi connectivity index (χ4v) is 8.61. The maximum absolute atomic E-state index is 7.15. The van der Waals surface area contributed by atoms with Gasteiger partial charge >= 0.3 is 0 Å². The summed E-state index contributed by atoms with van der Waals surface area (Å²) < 4.78 is 37.9. The molecule has 0 radical (unpaired) electrons. The summed E-state index contributed by atoms with van der Waals surface area (Å²) in [5, 5.41) is 7.29. The number of thiocarbonyl (C=S) groups is 1. The molecule has 0 unspecified atom stereocenters. The Kier molecular flexibility index (Phi) is 10.9. The van der Waals surface area contributed by atoms with Crippen LogP contribution in [0.15, 0.2) is 78.9 Å². The summed E-state index contributed by atoms with van der Waals surface area (Å²) in [6.45, 7) is 3.82. The van der Waals surface area contributed by atoms with E-state index in [1.165, 1.54) is 22.3 Å². The van der Waals surface area contributed by atoms with Gasteiger partial charge in [0.1, 0.15) is 5.75 Å². The molecule has 5 aromatic carbocycles. The van der Waals surface area contributed by atoms with Crippen LogP contribution < -0.4 is 39.1 Å². The van der Waals surface area contributed by atoms with E-state index in [1.807, 2.05) is 30.3 Å². The third-order valence-electron chi connectivity index (χ3n) is 11.6. The second kappa shape index (κ2) is 16.2. The van der Waals surface area contributed by atoms with Gasteiger partial charge in [-0.3, -0.25) is 9.80 Å². The Bertz CT molecular complexity index is 2300. The number of nitrogens with zero attached hydrogens (tertiary/aromatic N) is 2. The van der Waals surface area contributed by atoms with Gasteiger partial charge in [-0.2, -0.15) is 0 Å². The predicted molar refractivity (Wildman–Crippen MR) is 229 cm³/mol. The van der Waals surface area contributed by atoms with Crippen molar-refractivity contribution < 1.29 is 28.4 Å². The topological polar surface area (TPSA) is 85.9 Å². The van der Waals surface area contributed by atoms with Crippen LogP contribution in [0, 0.1) is 6.92 Å². The van der Waals surface area contributed by atoms with Crippen LogP contribution in [-0.4, -0.2) is 70.5 Å². The van der Waals surface area contributed by atoms with E-state index in [9.17, 15) is 0 Å². The Labute approximate surface area is 340 Å². The third kappa shape index (κ3) is 7.67. The van der Waals surface area contributed by atoms with E-state index in [2.05, 4.69) is 90.0 Å². The van der Waals surface area contributed by atoms with Crippen molar-refractivity contribution >= 4 is 28.7 Å². The van der Waals surface area contributed by atoms with Crippen molar-refractivity contribution in [3.8, 4) is 46.0 Å². The molecule has 0 saturated heterocycles. The molecule has 0 spiro atoms. The lowest BCUT2D eigenvalue weighted by atomic mass is 9.86. The van der Waals surface area contributed by atoms with E-state index in [4.69, 9.17) is 40.6 Å². The van der Waals surface area contributed by atoms with Crippen molar-refractivity contribution in [1.29, 1.82) is 0 Å². The Morgan fingerprint density at radius 2 is 1.32 bits per heavy atom. The van der Waals surface area contributed by atoms with E-state index in [0.29, 0.717) is 51.8 Å². The molecular formula is C46H50N4O6S. The molecule has 2 atom stereocenters. The molecule has 5 aromatic rings. The first-order chi connectivity index (χ1) is 27.7. The standard InChI is InChI=1S/C46H50N4O6S/c1-27-8-12-32(13-9-27)47-46(57)48-35-26-39(52-5)40-24-31(35)21-37-43-30(17-19-50(37)3)23-42(53-6)44(54-7)45(43)56-41-25-34-29(22-38(41)51-4)16-18-49(2)36(34)20-28-10-14-33(55-40)15-11-28/h8-15,22-26,36-37H,16-21H2,1-7H3,(H2,47,48,57)/t36-,37-/m0/s1. The van der Waals surface area contributed by atoms with Crippen LogP contribution in [0.1, 0.15) is 51.0 Å². The number of hydrogen-bond acceptors (Lipinski definition) is 9. The number of methoxy groups -OCH3 is 4. The number of hydrogen-bond donors (Lipinski definition) is 2. The van der Waals surface area contributed by atoms with Gasteiger partial charge in [0.2, 0.25) is 5.75 Å². The van der Waals surface area contributed by atoms with Crippen molar-refractivity contribution in [2.45, 2.75) is 44.7 Å². The minimum absolute atomic E-state index is 0.127. The minimum atomic E-state index is -0.148. The fourth-order valence-electron chi connectivity index (χ4n) is 8.38. The van der Waals surface area contributed by atoms with E-state index >= 15 is 0 Å². The van der Waals surface area contributed by atoms with Gasteiger partial charge in [0.05, 0.1) is 28.4 Å². The number of likely N-dealkylation sites (N-methyl/N-ethyl adjacent to an activating group) is 2. The molecule has 0 aromatic heterocycles. The number of benzene rings is 5. The van der Waals surface area contributed by atoms with Crippen LogP contribution in [0.5, 0.6) is 46.0 Å². The van der Waals surface area contributed by atoms with Gasteiger partial charge in [0.25, 0.3) is 0 Å². The smallest absolute Gasteiger partial charge is 0.204 e. The largest absolute Gasteiger partial charge is 0.493 e. The number of fused-ring (bicyclic) bond motifs is 2. The van der Waals surface area contributed by atoms with Crippen molar-refractivity contribution in [2.75, 3.05) is 66.3 Å². The molecular weight excluding hydrogens is 737 g/mol. The molecule has 296 valence electrons. The average Bonchev–Trinajstić information content (AvgIpc) is 3.21. The number of rotatable bonds is 6. The Morgan fingerprint density at radius 1 is 0.667 bits per heavy atom. The average molecular weight is 787 g/mol. The normalized spacial score (nSPS) is 17.5. The van der Waals surface area contributed by atoms with Gasteiger partial charge in [-0.1, -0.05) is 29.8 Å². The van der Waals surface area contributed by atoms with Crippen molar-refractivity contribution in [2.24, 2.45) is 0 Å². The van der Waals surface area contributed by atoms with Gasteiger partial charge in [-0.25, -0.2) is 0 Å². The summed E-state index contributed by atoms with van der Waals surface area (Å²) in [4.78, 5) is 4.79. The summed E-state index contributed by atoms with van der Waals surface area (Å²) in [7, 11) is 11.0. The zero-order valence-electron chi connectivity index (χ0n) is 33.7. The molecule has 2 N–H and O–H groups in total. The number of aryl methyl sites for hydroxylation is 1. The lowest BCUT2D eigenvalue weighted by molar-refractivity contribution is 0.220. The highest BCUT2D eigenvalue weighted by atomic mass is 32.1. The lowest BCUT2D eigenvalue weighted by Crippen LogP contribution is -2.34. The monoisotopic (exact) mass is 786 g/mol. The Morgan fingerprint density at radius 3 is 2.02 bits per heavy atom. The maximum Gasteiger partial charge on any atom is 0.204 e. The number of ether oxygens (including phenoxy) is 6. The first-order valence-corrected chi connectivity index (χ1v) is 19.8. The van der Waals surface area contributed by atoms with E-state index in [-0.39, 0.29) is 12.1 Å². The zero-order chi connectivity index (χ0) is 39.8. The highest BCUT2D eigenvalue weighted by Gasteiger charge is 2.35.